The molecule has 3 aliphatic carbocycles. The molecule has 6 heteroatoms. The number of nitrogens with one attached hydrogen (secondary N) is 3. The molecule has 2 aromatic carbocycles. The summed E-state index contributed by atoms with van der Waals surface area (Å²) in [5.74, 6) is 2.95. The van der Waals surface area contributed by atoms with Gasteiger partial charge in [-0.25, -0.2) is 4.98 Å². The lowest BCUT2D eigenvalue weighted by atomic mass is 9.87. The van der Waals surface area contributed by atoms with E-state index in [4.69, 9.17) is 4.98 Å². The van der Waals surface area contributed by atoms with Gasteiger partial charge in [0.2, 0.25) is 0 Å². The second-order valence-corrected chi connectivity index (χ2v) is 11.1. The van der Waals surface area contributed by atoms with Crippen LogP contribution >= 0.6 is 0 Å². The van der Waals surface area contributed by atoms with Crippen molar-refractivity contribution in [2.24, 2.45) is 17.8 Å². The van der Waals surface area contributed by atoms with Crippen LogP contribution in [0.25, 0.3) is 22.4 Å². The smallest absolute Gasteiger partial charge is 0.251 e. The second-order valence-electron chi connectivity index (χ2n) is 11.1. The summed E-state index contributed by atoms with van der Waals surface area (Å²) < 4.78 is 0. The summed E-state index contributed by atoms with van der Waals surface area (Å²) in [4.78, 5) is 33.6. The number of carbonyl (C=O) groups is 2. The lowest BCUT2D eigenvalue weighted by Crippen LogP contribution is -2.38. The molecular weight excluding hydrogens is 436 g/mol. The van der Waals surface area contributed by atoms with E-state index in [2.05, 4.69) is 22.5 Å². The zero-order valence-corrected chi connectivity index (χ0v) is 20.3. The summed E-state index contributed by atoms with van der Waals surface area (Å²) in [6.45, 7) is 2.28. The minimum Gasteiger partial charge on any atom is -0.349 e. The third kappa shape index (κ3) is 4.58. The number of nitrogens with zero attached hydrogens (tertiary/aromatic N) is 1. The maximum Gasteiger partial charge on any atom is 0.251 e. The molecule has 0 aliphatic heterocycles. The molecule has 2 bridgehead atoms. The van der Waals surface area contributed by atoms with Crippen LogP contribution < -0.4 is 10.6 Å². The third-order valence-electron chi connectivity index (χ3n) is 8.57. The van der Waals surface area contributed by atoms with Crippen LogP contribution in [0.4, 0.5) is 0 Å². The maximum atomic E-state index is 12.9. The molecule has 3 atom stereocenters. The van der Waals surface area contributed by atoms with E-state index in [1.54, 1.807) is 0 Å². The predicted molar refractivity (Wildman–Crippen MR) is 137 cm³/mol. The maximum absolute atomic E-state index is 12.9. The molecule has 0 spiro atoms. The van der Waals surface area contributed by atoms with E-state index < -0.39 is 0 Å². The molecule has 2 amide bonds. The SMILES string of the molecule is CC1CCC(NC(=O)c2ccc(-c3nc4ccc(C(=O)NC5CC6CCC5C6)cc4[nH]3)cc2)CC1. The first-order valence-corrected chi connectivity index (χ1v) is 13.2. The van der Waals surface area contributed by atoms with E-state index >= 15 is 0 Å². The zero-order chi connectivity index (χ0) is 23.9. The van der Waals surface area contributed by atoms with E-state index in [9.17, 15) is 9.59 Å². The van der Waals surface area contributed by atoms with E-state index in [-0.39, 0.29) is 17.9 Å². The molecule has 6 nitrogen and oxygen atoms in total. The molecule has 3 saturated carbocycles. The van der Waals surface area contributed by atoms with Gasteiger partial charge in [-0.3, -0.25) is 9.59 Å². The number of amides is 2. The largest absolute Gasteiger partial charge is 0.349 e. The number of fused-ring (bicyclic) bond motifs is 3. The van der Waals surface area contributed by atoms with Crippen molar-refractivity contribution < 1.29 is 9.59 Å². The highest BCUT2D eigenvalue weighted by molar-refractivity contribution is 5.98. The Kier molecular flexibility index (Phi) is 5.83. The number of aromatic nitrogens is 2. The number of imidazole rings is 1. The first-order valence-electron chi connectivity index (χ1n) is 13.2. The van der Waals surface area contributed by atoms with Gasteiger partial charge in [-0.05, 0) is 93.0 Å². The summed E-state index contributed by atoms with van der Waals surface area (Å²) in [5.41, 5.74) is 3.92. The Balaban J connectivity index is 1.12. The lowest BCUT2D eigenvalue weighted by molar-refractivity contribution is 0.0914. The van der Waals surface area contributed by atoms with Crippen molar-refractivity contribution in [1.82, 2.24) is 20.6 Å². The van der Waals surface area contributed by atoms with Gasteiger partial charge in [0.1, 0.15) is 5.82 Å². The number of hydrogen-bond donors (Lipinski definition) is 3. The van der Waals surface area contributed by atoms with Crippen LogP contribution in [0.3, 0.4) is 0 Å². The topological polar surface area (TPSA) is 86.9 Å². The van der Waals surface area contributed by atoms with Crippen molar-refractivity contribution in [3.8, 4) is 11.4 Å². The van der Waals surface area contributed by atoms with Crippen LogP contribution in [-0.2, 0) is 0 Å². The molecule has 3 fully saturated rings. The number of hydrogen-bond acceptors (Lipinski definition) is 3. The molecule has 6 rings (SSSR count). The highest BCUT2D eigenvalue weighted by Crippen LogP contribution is 2.44. The van der Waals surface area contributed by atoms with Gasteiger partial charge in [0.05, 0.1) is 11.0 Å². The van der Waals surface area contributed by atoms with Crippen LogP contribution in [0.5, 0.6) is 0 Å². The number of rotatable bonds is 5. The van der Waals surface area contributed by atoms with Gasteiger partial charge in [0.25, 0.3) is 11.8 Å². The van der Waals surface area contributed by atoms with E-state index in [0.717, 1.165) is 53.5 Å². The molecule has 1 heterocycles. The summed E-state index contributed by atoms with van der Waals surface area (Å²) >= 11 is 0. The zero-order valence-electron chi connectivity index (χ0n) is 20.3. The molecule has 3 unspecified atom stereocenters. The van der Waals surface area contributed by atoms with Gasteiger partial charge in [0.15, 0.2) is 0 Å². The van der Waals surface area contributed by atoms with Gasteiger partial charge in [-0.2, -0.15) is 0 Å². The average molecular weight is 471 g/mol. The highest BCUT2D eigenvalue weighted by atomic mass is 16.2. The first kappa shape index (κ1) is 22.3. The van der Waals surface area contributed by atoms with Crippen LogP contribution in [0, 0.1) is 17.8 Å². The molecule has 1 aromatic heterocycles. The Morgan fingerprint density at radius 2 is 1.60 bits per heavy atom. The normalized spacial score (nSPS) is 27.7. The molecule has 3 aromatic rings. The van der Waals surface area contributed by atoms with Crippen molar-refractivity contribution in [1.29, 1.82) is 0 Å². The standard InChI is InChI=1S/C29H34N4O2/c1-17-2-11-23(12-3-17)30-28(34)20-8-6-19(7-9-20)27-31-24-13-10-22(16-26(24)32-27)29(35)33-25-15-18-4-5-21(25)14-18/h6-10,13,16-18,21,23,25H,2-5,11-12,14-15H2,1H3,(H,30,34)(H,31,32)(H,33,35). The van der Waals surface area contributed by atoms with E-state index in [1.807, 2.05) is 42.5 Å². The molecule has 3 N–H and O–H groups in total. The summed E-state index contributed by atoms with van der Waals surface area (Å²) in [6, 6.07) is 13.8. The lowest BCUT2D eigenvalue weighted by Gasteiger charge is -2.26. The molecular formula is C29H34N4O2. The van der Waals surface area contributed by atoms with Gasteiger partial charge in [0, 0.05) is 28.8 Å². The van der Waals surface area contributed by atoms with Gasteiger partial charge < -0.3 is 15.6 Å². The summed E-state index contributed by atoms with van der Waals surface area (Å²) in [7, 11) is 0. The fraction of sp³-hybridized carbons (Fsp3) is 0.483. The number of benzene rings is 2. The Morgan fingerprint density at radius 3 is 2.31 bits per heavy atom. The minimum absolute atomic E-state index is 0.00314. The minimum atomic E-state index is -0.00755. The molecule has 35 heavy (non-hydrogen) atoms. The first-order chi connectivity index (χ1) is 17.0. The van der Waals surface area contributed by atoms with Crippen LogP contribution in [0.15, 0.2) is 42.5 Å². The summed E-state index contributed by atoms with van der Waals surface area (Å²) in [6.07, 6.45) is 9.46. The molecule has 3 aliphatic rings. The quantitative estimate of drug-likeness (QED) is 0.463. The predicted octanol–water partition coefficient (Wildman–Crippen LogP) is 5.46. The third-order valence-corrected chi connectivity index (χ3v) is 8.57. The van der Waals surface area contributed by atoms with Crippen molar-refractivity contribution in [2.75, 3.05) is 0 Å². The van der Waals surface area contributed by atoms with Crippen molar-refractivity contribution >= 4 is 22.8 Å². The Bertz CT molecular complexity index is 1240. The Hall–Kier alpha value is -3.15. The number of aromatic amines is 1. The van der Waals surface area contributed by atoms with Crippen LogP contribution in [0.2, 0.25) is 0 Å². The van der Waals surface area contributed by atoms with Gasteiger partial charge in [-0.1, -0.05) is 25.5 Å². The number of H-pyrrole nitrogens is 1. The molecule has 182 valence electrons. The van der Waals surface area contributed by atoms with Crippen molar-refractivity contribution in [3.63, 3.8) is 0 Å². The van der Waals surface area contributed by atoms with Crippen molar-refractivity contribution in [2.45, 2.75) is 70.4 Å². The van der Waals surface area contributed by atoms with Gasteiger partial charge >= 0.3 is 0 Å². The fourth-order valence-electron chi connectivity index (χ4n) is 6.41. The van der Waals surface area contributed by atoms with Crippen LogP contribution in [0.1, 0.15) is 79.0 Å². The Labute approximate surface area is 206 Å². The summed E-state index contributed by atoms with van der Waals surface area (Å²) in [5, 5.41) is 6.45. The van der Waals surface area contributed by atoms with E-state index in [1.165, 1.54) is 32.1 Å². The van der Waals surface area contributed by atoms with Crippen LogP contribution in [-0.4, -0.2) is 33.9 Å². The van der Waals surface area contributed by atoms with E-state index in [0.29, 0.717) is 23.1 Å². The van der Waals surface area contributed by atoms with Gasteiger partial charge in [-0.15, -0.1) is 0 Å². The molecule has 0 saturated heterocycles. The van der Waals surface area contributed by atoms with Crippen molar-refractivity contribution in [3.05, 3.63) is 53.6 Å². The fourth-order valence-corrected chi connectivity index (χ4v) is 6.41. The highest BCUT2D eigenvalue weighted by Gasteiger charge is 2.40. The monoisotopic (exact) mass is 470 g/mol. The second kappa shape index (κ2) is 9.14. The Morgan fingerprint density at radius 1 is 0.857 bits per heavy atom. The average Bonchev–Trinajstić information content (AvgIpc) is 3.61. The number of carbonyl (C=O) groups excluding carboxylic acids is 2. The molecule has 0 radical (unpaired) electrons.